The van der Waals surface area contributed by atoms with Crippen molar-refractivity contribution in [3.8, 4) is 5.75 Å². The Morgan fingerprint density at radius 1 is 0.969 bits per heavy atom. The van der Waals surface area contributed by atoms with Crippen molar-refractivity contribution in [3.63, 3.8) is 0 Å². The quantitative estimate of drug-likeness (QED) is 0.244. The van der Waals surface area contributed by atoms with Crippen LogP contribution < -0.4 is 10.1 Å². The second-order valence-electron chi connectivity index (χ2n) is 8.41. The first-order valence-corrected chi connectivity index (χ1v) is 13.7. The van der Waals surface area contributed by atoms with Crippen LogP contribution in [0.4, 0.5) is 5.69 Å². The number of pyridine rings is 1. The number of rotatable bonds is 17. The highest BCUT2D eigenvalue weighted by molar-refractivity contribution is 8.00. The van der Waals surface area contributed by atoms with E-state index in [1.165, 1.54) is 57.8 Å². The molecule has 0 radical (unpaired) electrons. The molecule has 5 heteroatoms. The first-order chi connectivity index (χ1) is 15.7. The highest BCUT2D eigenvalue weighted by Gasteiger charge is 2.21. The molecular weight excluding hydrogens is 416 g/mol. The number of carbonyl (C=O) groups excluding carboxylic acids is 1. The van der Waals surface area contributed by atoms with Crippen LogP contribution in [0.25, 0.3) is 10.9 Å². The van der Waals surface area contributed by atoms with E-state index in [9.17, 15) is 4.79 Å². The molecule has 1 aromatic carbocycles. The molecule has 0 aliphatic heterocycles. The van der Waals surface area contributed by atoms with Crippen molar-refractivity contribution in [1.29, 1.82) is 0 Å². The zero-order chi connectivity index (χ0) is 23.0. The van der Waals surface area contributed by atoms with Gasteiger partial charge in [0.1, 0.15) is 5.75 Å². The molecule has 32 heavy (non-hydrogen) atoms. The Hall–Kier alpha value is -1.75. The van der Waals surface area contributed by atoms with Crippen molar-refractivity contribution < 1.29 is 9.53 Å². The van der Waals surface area contributed by atoms with Gasteiger partial charge in [0.25, 0.3) is 0 Å². The Kier molecular flexibility index (Phi) is 13.2. The van der Waals surface area contributed by atoms with Crippen molar-refractivity contribution in [1.82, 2.24) is 4.98 Å². The number of hydrogen-bond acceptors (Lipinski definition) is 4. The summed E-state index contributed by atoms with van der Waals surface area (Å²) in [7, 11) is 0. The van der Waals surface area contributed by atoms with Gasteiger partial charge < -0.3 is 10.1 Å². The Bertz CT molecular complexity index is 796. The molecule has 0 aliphatic rings. The van der Waals surface area contributed by atoms with Gasteiger partial charge in [0.05, 0.1) is 23.1 Å². The maximum absolute atomic E-state index is 13.4. The number of fused-ring (bicyclic) bond motifs is 1. The molecule has 1 heterocycles. The number of carbonyl (C=O) groups is 1. The number of thioether (sulfide) groups is 1. The number of hydrogen-bond donors (Lipinski definition) is 1. The largest absolute Gasteiger partial charge is 0.492 e. The number of nitrogens with zero attached hydrogens (tertiary/aromatic N) is 1. The van der Waals surface area contributed by atoms with E-state index in [1.807, 2.05) is 43.0 Å². The Labute approximate surface area is 199 Å². The van der Waals surface area contributed by atoms with Gasteiger partial charge in [0.2, 0.25) is 5.91 Å². The number of benzene rings is 1. The van der Waals surface area contributed by atoms with Gasteiger partial charge in [-0.25, -0.2) is 0 Å². The van der Waals surface area contributed by atoms with E-state index >= 15 is 0 Å². The molecule has 4 nitrogen and oxygen atoms in total. The number of unbranched alkanes of at least 4 members (excludes halogenated alkanes) is 8. The lowest BCUT2D eigenvalue weighted by Gasteiger charge is -2.19. The molecule has 0 aliphatic carbocycles. The lowest BCUT2D eigenvalue weighted by molar-refractivity contribution is -0.115. The maximum atomic E-state index is 13.4. The molecule has 1 aromatic heterocycles. The highest BCUT2D eigenvalue weighted by Crippen LogP contribution is 2.33. The van der Waals surface area contributed by atoms with Crippen molar-refractivity contribution >= 4 is 34.3 Å². The van der Waals surface area contributed by atoms with Crippen LogP contribution in [0.5, 0.6) is 5.75 Å². The number of anilines is 1. The van der Waals surface area contributed by atoms with Crippen LogP contribution in [0.1, 0.15) is 91.4 Å². The zero-order valence-electron chi connectivity index (χ0n) is 20.3. The van der Waals surface area contributed by atoms with Crippen LogP contribution in [0.15, 0.2) is 30.5 Å². The minimum atomic E-state index is -0.0239. The summed E-state index contributed by atoms with van der Waals surface area (Å²) in [6, 6.07) is 7.77. The third kappa shape index (κ3) is 9.01. The Morgan fingerprint density at radius 3 is 2.44 bits per heavy atom. The molecule has 2 aromatic rings. The summed E-state index contributed by atoms with van der Waals surface area (Å²) in [5.41, 5.74) is 1.62. The van der Waals surface area contributed by atoms with Gasteiger partial charge in [0.15, 0.2) is 0 Å². The fraction of sp³-hybridized carbons (Fsp3) is 0.630. The predicted octanol–water partition coefficient (Wildman–Crippen LogP) is 8.00. The number of nitrogens with one attached hydrogen (secondary N) is 1. The molecule has 0 bridgehead atoms. The molecule has 1 atom stereocenters. The molecular formula is C27H42N2O2S. The van der Waals surface area contributed by atoms with Gasteiger partial charge in [-0.05, 0) is 49.8 Å². The van der Waals surface area contributed by atoms with E-state index in [2.05, 4.69) is 24.1 Å². The van der Waals surface area contributed by atoms with Gasteiger partial charge in [-0.3, -0.25) is 9.78 Å². The van der Waals surface area contributed by atoms with Crippen molar-refractivity contribution in [2.45, 2.75) is 96.7 Å². The van der Waals surface area contributed by atoms with Gasteiger partial charge in [-0.2, -0.15) is 0 Å². The third-order valence-electron chi connectivity index (χ3n) is 5.72. The average molecular weight is 459 g/mol. The smallest absolute Gasteiger partial charge is 0.237 e. The SMILES string of the molecule is CCCCCCCCC(SCCCCCC)C(=O)Nc1c(OCC)ccc2ncccc12. The summed E-state index contributed by atoms with van der Waals surface area (Å²) in [4.78, 5) is 17.8. The summed E-state index contributed by atoms with van der Waals surface area (Å²) < 4.78 is 5.84. The second-order valence-corrected chi connectivity index (χ2v) is 9.72. The molecule has 0 fully saturated rings. The molecule has 0 spiro atoms. The highest BCUT2D eigenvalue weighted by atomic mass is 32.2. The zero-order valence-corrected chi connectivity index (χ0v) is 21.1. The minimum Gasteiger partial charge on any atom is -0.492 e. The fourth-order valence-corrected chi connectivity index (χ4v) is 5.09. The first-order valence-electron chi connectivity index (χ1n) is 12.6. The van der Waals surface area contributed by atoms with Crippen molar-refractivity contribution in [3.05, 3.63) is 30.5 Å². The van der Waals surface area contributed by atoms with Crippen LogP contribution in [0.2, 0.25) is 0 Å². The summed E-state index contributed by atoms with van der Waals surface area (Å²) >= 11 is 1.82. The number of ether oxygens (including phenoxy) is 1. The Balaban J connectivity index is 2.07. The summed E-state index contributed by atoms with van der Waals surface area (Å²) in [6.45, 7) is 7.00. The van der Waals surface area contributed by atoms with Crippen LogP contribution in [0.3, 0.4) is 0 Å². The van der Waals surface area contributed by atoms with E-state index in [0.717, 1.165) is 35.2 Å². The molecule has 178 valence electrons. The van der Waals surface area contributed by atoms with E-state index < -0.39 is 0 Å². The van der Waals surface area contributed by atoms with Gasteiger partial charge in [0, 0.05) is 11.6 Å². The molecule has 1 unspecified atom stereocenters. The van der Waals surface area contributed by atoms with E-state index in [4.69, 9.17) is 4.74 Å². The van der Waals surface area contributed by atoms with Crippen LogP contribution >= 0.6 is 11.8 Å². The van der Waals surface area contributed by atoms with Gasteiger partial charge in [-0.15, -0.1) is 11.8 Å². The average Bonchev–Trinajstić information content (AvgIpc) is 2.81. The topological polar surface area (TPSA) is 51.2 Å². The standard InChI is InChI=1S/C27H42N2O2S/c1-4-7-9-11-12-13-17-25(32-21-14-10-8-5-2)27(30)29-26-22-16-15-20-28-23(22)18-19-24(26)31-6-3/h15-16,18-20,25H,4-14,17,21H2,1-3H3,(H,29,30). The molecule has 0 saturated heterocycles. The van der Waals surface area contributed by atoms with Crippen LogP contribution in [-0.4, -0.2) is 28.5 Å². The van der Waals surface area contributed by atoms with E-state index in [-0.39, 0.29) is 11.2 Å². The molecule has 2 rings (SSSR count). The molecule has 1 N–H and O–H groups in total. The summed E-state index contributed by atoms with van der Waals surface area (Å²) in [6.07, 6.45) is 15.1. The van der Waals surface area contributed by atoms with Gasteiger partial charge in [-0.1, -0.05) is 71.6 Å². The lowest BCUT2D eigenvalue weighted by Crippen LogP contribution is -2.26. The summed E-state index contributed by atoms with van der Waals surface area (Å²) in [5, 5.41) is 4.13. The third-order valence-corrected chi connectivity index (χ3v) is 7.10. The summed E-state index contributed by atoms with van der Waals surface area (Å²) in [5.74, 6) is 1.85. The van der Waals surface area contributed by atoms with Crippen LogP contribution in [0, 0.1) is 0 Å². The van der Waals surface area contributed by atoms with Gasteiger partial charge >= 0.3 is 0 Å². The fourth-order valence-electron chi connectivity index (χ4n) is 3.90. The normalized spacial score (nSPS) is 12.1. The van der Waals surface area contributed by atoms with Crippen LogP contribution in [-0.2, 0) is 4.79 Å². The lowest BCUT2D eigenvalue weighted by atomic mass is 10.1. The monoisotopic (exact) mass is 458 g/mol. The molecule has 1 amide bonds. The molecule has 0 saturated carbocycles. The van der Waals surface area contributed by atoms with Crippen molar-refractivity contribution in [2.75, 3.05) is 17.7 Å². The minimum absolute atomic E-state index is 0.0239. The number of aromatic nitrogens is 1. The predicted molar refractivity (Wildman–Crippen MR) is 140 cm³/mol. The van der Waals surface area contributed by atoms with E-state index in [0.29, 0.717) is 12.4 Å². The van der Waals surface area contributed by atoms with E-state index in [1.54, 1.807) is 6.20 Å². The van der Waals surface area contributed by atoms with Crippen molar-refractivity contribution in [2.24, 2.45) is 0 Å². The first kappa shape index (κ1) is 26.5. The Morgan fingerprint density at radius 2 is 1.69 bits per heavy atom. The second kappa shape index (κ2) is 16.0. The number of amides is 1. The maximum Gasteiger partial charge on any atom is 0.237 e.